The molecule has 1 aliphatic heterocycles. The number of nitrogens with zero attached hydrogens (tertiary/aromatic N) is 2. The lowest BCUT2D eigenvalue weighted by Gasteiger charge is -2.29. The van der Waals surface area contributed by atoms with Crippen LogP contribution in [0.25, 0.3) is 0 Å². The number of nitrogens with one attached hydrogen (secondary N) is 2. The van der Waals surface area contributed by atoms with Crippen molar-refractivity contribution < 1.29 is 4.79 Å². The number of benzene rings is 1. The van der Waals surface area contributed by atoms with E-state index in [4.69, 9.17) is 11.6 Å². The van der Waals surface area contributed by atoms with Gasteiger partial charge in [-0.15, -0.1) is 0 Å². The molecule has 138 valence electrons. The van der Waals surface area contributed by atoms with Gasteiger partial charge in [0, 0.05) is 44.3 Å². The molecule has 3 rings (SSSR count). The summed E-state index contributed by atoms with van der Waals surface area (Å²) in [6, 6.07) is 9.60. The number of rotatable bonds is 7. The largest absolute Gasteiger partial charge is 0.384 e. The van der Waals surface area contributed by atoms with Gasteiger partial charge in [-0.3, -0.25) is 9.78 Å². The van der Waals surface area contributed by atoms with Crippen LogP contribution >= 0.6 is 11.6 Å². The first-order chi connectivity index (χ1) is 12.7. The molecule has 1 aliphatic rings. The van der Waals surface area contributed by atoms with Crippen molar-refractivity contribution in [1.82, 2.24) is 10.3 Å². The highest BCUT2D eigenvalue weighted by atomic mass is 35.5. The second-order valence-corrected chi connectivity index (χ2v) is 6.90. The van der Waals surface area contributed by atoms with Crippen molar-refractivity contribution in [2.45, 2.75) is 25.7 Å². The third kappa shape index (κ3) is 5.11. The minimum atomic E-state index is -0.116. The number of aromatic nitrogens is 1. The van der Waals surface area contributed by atoms with Crippen LogP contribution in [0.15, 0.2) is 42.7 Å². The van der Waals surface area contributed by atoms with Gasteiger partial charge in [-0.05, 0) is 56.0 Å². The molecular formula is C20H25ClN4O. The van der Waals surface area contributed by atoms with E-state index in [0.29, 0.717) is 17.1 Å². The molecule has 26 heavy (non-hydrogen) atoms. The zero-order valence-corrected chi connectivity index (χ0v) is 15.6. The van der Waals surface area contributed by atoms with Gasteiger partial charge in [-0.1, -0.05) is 11.6 Å². The fourth-order valence-corrected chi connectivity index (χ4v) is 3.33. The van der Waals surface area contributed by atoms with E-state index in [2.05, 4.69) is 20.5 Å². The molecule has 0 bridgehead atoms. The van der Waals surface area contributed by atoms with Gasteiger partial charge in [0.1, 0.15) is 0 Å². The monoisotopic (exact) mass is 372 g/mol. The van der Waals surface area contributed by atoms with Crippen molar-refractivity contribution in [1.29, 1.82) is 0 Å². The number of hydrogen-bond acceptors (Lipinski definition) is 4. The molecule has 2 heterocycles. The standard InChI is InChI=1S/C20H25ClN4O/c21-19-8-7-17(25-12-2-1-3-13-25)14-18(19)20(26)24-11-5-10-23-16-6-4-9-22-15-16/h4,6-9,14-15,23H,1-3,5,10-13H2,(H,24,26). The Kier molecular flexibility index (Phi) is 6.72. The van der Waals surface area contributed by atoms with Crippen molar-refractivity contribution in [2.24, 2.45) is 0 Å². The maximum atomic E-state index is 12.5. The molecule has 1 aromatic carbocycles. The summed E-state index contributed by atoms with van der Waals surface area (Å²) >= 11 is 6.25. The number of hydrogen-bond donors (Lipinski definition) is 2. The van der Waals surface area contributed by atoms with Crippen LogP contribution in [0.4, 0.5) is 11.4 Å². The van der Waals surface area contributed by atoms with Gasteiger partial charge in [0.25, 0.3) is 5.91 Å². The molecule has 1 saturated heterocycles. The SMILES string of the molecule is O=C(NCCCNc1cccnc1)c1cc(N2CCCCC2)ccc1Cl. The average Bonchev–Trinajstić information content (AvgIpc) is 2.69. The van der Waals surface area contributed by atoms with E-state index < -0.39 is 0 Å². The highest BCUT2D eigenvalue weighted by Crippen LogP contribution is 2.25. The number of pyridine rings is 1. The van der Waals surface area contributed by atoms with E-state index in [1.807, 2.05) is 30.3 Å². The third-order valence-corrected chi connectivity index (χ3v) is 4.88. The Bertz CT molecular complexity index is 717. The van der Waals surface area contributed by atoms with E-state index in [1.165, 1.54) is 19.3 Å². The lowest BCUT2D eigenvalue weighted by atomic mass is 10.1. The van der Waals surface area contributed by atoms with Crippen LogP contribution in [-0.4, -0.2) is 37.1 Å². The van der Waals surface area contributed by atoms with Crippen LogP contribution in [-0.2, 0) is 0 Å². The number of carbonyl (C=O) groups is 1. The molecular weight excluding hydrogens is 348 g/mol. The van der Waals surface area contributed by atoms with E-state index in [1.54, 1.807) is 12.4 Å². The summed E-state index contributed by atoms with van der Waals surface area (Å²) in [5.74, 6) is -0.116. The second-order valence-electron chi connectivity index (χ2n) is 6.49. The second kappa shape index (κ2) is 9.43. The molecule has 0 unspecified atom stereocenters. The van der Waals surface area contributed by atoms with Gasteiger partial charge < -0.3 is 15.5 Å². The Balaban J connectivity index is 1.49. The van der Waals surface area contributed by atoms with Crippen molar-refractivity contribution in [2.75, 3.05) is 36.4 Å². The van der Waals surface area contributed by atoms with E-state index in [-0.39, 0.29) is 5.91 Å². The fourth-order valence-electron chi connectivity index (χ4n) is 3.12. The van der Waals surface area contributed by atoms with Crippen LogP contribution in [0.5, 0.6) is 0 Å². The topological polar surface area (TPSA) is 57.3 Å². The Hall–Kier alpha value is -2.27. The van der Waals surface area contributed by atoms with Crippen LogP contribution < -0.4 is 15.5 Å². The summed E-state index contributed by atoms with van der Waals surface area (Å²) < 4.78 is 0. The predicted molar refractivity (Wildman–Crippen MR) is 107 cm³/mol. The molecule has 1 aromatic heterocycles. The van der Waals surface area contributed by atoms with E-state index in [9.17, 15) is 4.79 Å². The zero-order chi connectivity index (χ0) is 18.2. The number of anilines is 2. The van der Waals surface area contributed by atoms with E-state index >= 15 is 0 Å². The van der Waals surface area contributed by atoms with Crippen molar-refractivity contribution in [3.63, 3.8) is 0 Å². The van der Waals surface area contributed by atoms with Gasteiger partial charge in [0.2, 0.25) is 0 Å². The smallest absolute Gasteiger partial charge is 0.252 e. The van der Waals surface area contributed by atoms with Crippen LogP contribution in [0.2, 0.25) is 5.02 Å². The quantitative estimate of drug-likeness (QED) is 0.722. The number of carbonyl (C=O) groups excluding carboxylic acids is 1. The molecule has 2 aromatic rings. The summed E-state index contributed by atoms with van der Waals surface area (Å²) in [5, 5.41) is 6.73. The molecule has 0 atom stereocenters. The first-order valence-electron chi connectivity index (χ1n) is 9.20. The Labute approximate surface area is 159 Å². The highest BCUT2D eigenvalue weighted by Gasteiger charge is 2.15. The van der Waals surface area contributed by atoms with Crippen LogP contribution in [0.1, 0.15) is 36.0 Å². The van der Waals surface area contributed by atoms with Gasteiger partial charge >= 0.3 is 0 Å². The zero-order valence-electron chi connectivity index (χ0n) is 14.9. The predicted octanol–water partition coefficient (Wildman–Crippen LogP) is 3.96. The Morgan fingerprint density at radius 2 is 2.00 bits per heavy atom. The minimum Gasteiger partial charge on any atom is -0.384 e. The maximum absolute atomic E-state index is 12.5. The lowest BCUT2D eigenvalue weighted by molar-refractivity contribution is 0.0953. The minimum absolute atomic E-state index is 0.116. The van der Waals surface area contributed by atoms with Crippen LogP contribution in [0.3, 0.4) is 0 Å². The van der Waals surface area contributed by atoms with E-state index in [0.717, 1.165) is 37.4 Å². The van der Waals surface area contributed by atoms with Crippen molar-refractivity contribution in [3.8, 4) is 0 Å². The summed E-state index contributed by atoms with van der Waals surface area (Å²) in [6.07, 6.45) is 8.04. The number of piperidine rings is 1. The summed E-state index contributed by atoms with van der Waals surface area (Å²) in [4.78, 5) is 18.9. The van der Waals surface area contributed by atoms with Gasteiger partial charge in [-0.2, -0.15) is 0 Å². The summed E-state index contributed by atoms with van der Waals surface area (Å²) in [5.41, 5.74) is 2.61. The van der Waals surface area contributed by atoms with Gasteiger partial charge in [-0.25, -0.2) is 0 Å². The fraction of sp³-hybridized carbons (Fsp3) is 0.400. The Morgan fingerprint density at radius 1 is 1.15 bits per heavy atom. The van der Waals surface area contributed by atoms with Crippen LogP contribution in [0, 0.1) is 0 Å². The maximum Gasteiger partial charge on any atom is 0.252 e. The molecule has 0 radical (unpaired) electrons. The number of halogens is 1. The average molecular weight is 373 g/mol. The first kappa shape index (κ1) is 18.5. The molecule has 0 aliphatic carbocycles. The number of amides is 1. The molecule has 1 fully saturated rings. The lowest BCUT2D eigenvalue weighted by Crippen LogP contribution is -2.30. The molecule has 0 spiro atoms. The van der Waals surface area contributed by atoms with Crippen molar-refractivity contribution in [3.05, 3.63) is 53.3 Å². The highest BCUT2D eigenvalue weighted by molar-refractivity contribution is 6.34. The molecule has 0 saturated carbocycles. The molecule has 1 amide bonds. The Morgan fingerprint density at radius 3 is 2.77 bits per heavy atom. The first-order valence-corrected chi connectivity index (χ1v) is 9.58. The summed E-state index contributed by atoms with van der Waals surface area (Å²) in [7, 11) is 0. The third-order valence-electron chi connectivity index (χ3n) is 4.55. The summed E-state index contributed by atoms with van der Waals surface area (Å²) in [6.45, 7) is 3.45. The molecule has 5 nitrogen and oxygen atoms in total. The normalized spacial score (nSPS) is 14.1. The van der Waals surface area contributed by atoms with Crippen molar-refractivity contribution >= 4 is 28.9 Å². The van der Waals surface area contributed by atoms with Gasteiger partial charge in [0.05, 0.1) is 16.3 Å². The van der Waals surface area contributed by atoms with Gasteiger partial charge in [0.15, 0.2) is 0 Å². The molecule has 6 heteroatoms. The molecule has 2 N–H and O–H groups in total.